The summed E-state index contributed by atoms with van der Waals surface area (Å²) in [7, 11) is 1.87. The Kier molecular flexibility index (Phi) is 12.9. The maximum atomic E-state index is 5.52. The topological polar surface area (TPSA) is 52.1 Å². The first-order valence-electron chi connectivity index (χ1n) is 10.6. The molecule has 2 heterocycles. The molecule has 2 saturated heterocycles. The van der Waals surface area contributed by atoms with E-state index in [1.54, 1.807) is 0 Å². The molecule has 2 atom stereocenters. The van der Waals surface area contributed by atoms with E-state index in [4.69, 9.17) is 4.74 Å². The molecule has 0 aromatic carbocycles. The molecule has 2 aliphatic heterocycles. The second kappa shape index (κ2) is 14.0. The minimum atomic E-state index is 0. The average molecular weight is 495 g/mol. The third-order valence-corrected chi connectivity index (χ3v) is 5.42. The Morgan fingerprint density at radius 3 is 2.22 bits per heavy atom. The van der Waals surface area contributed by atoms with Crippen LogP contribution in [0.3, 0.4) is 0 Å². The SMILES string of the molecule is CN=C(NCC(C)CN1CCCC1)NCC(CC(C)C)N1CCOCC1.I. The standard InChI is InChI=1S/C20H41N5O.HI/c1-17(2)13-19(25-9-11-26-12-10-25)15-23-20(21-4)22-14-18(3)16-24-7-5-6-8-24;/h17-19H,5-16H2,1-4H3,(H2,21,22,23);1H. The van der Waals surface area contributed by atoms with Gasteiger partial charge in [0.2, 0.25) is 0 Å². The van der Waals surface area contributed by atoms with Crippen molar-refractivity contribution in [2.45, 2.75) is 46.1 Å². The lowest BCUT2D eigenvalue weighted by Crippen LogP contribution is -2.51. The summed E-state index contributed by atoms with van der Waals surface area (Å²) in [6, 6.07) is 0.541. The molecular formula is C20H42IN5O. The van der Waals surface area contributed by atoms with Gasteiger partial charge in [0.05, 0.1) is 13.2 Å². The minimum absolute atomic E-state index is 0. The fourth-order valence-electron chi connectivity index (χ4n) is 4.02. The Bertz CT molecular complexity index is 409. The van der Waals surface area contributed by atoms with Gasteiger partial charge in [-0.3, -0.25) is 9.89 Å². The highest BCUT2D eigenvalue weighted by molar-refractivity contribution is 14.0. The van der Waals surface area contributed by atoms with E-state index < -0.39 is 0 Å². The van der Waals surface area contributed by atoms with Crippen LogP contribution in [-0.4, -0.2) is 87.9 Å². The van der Waals surface area contributed by atoms with Crippen LogP contribution in [0, 0.1) is 11.8 Å². The van der Waals surface area contributed by atoms with Crippen molar-refractivity contribution in [3.63, 3.8) is 0 Å². The third-order valence-electron chi connectivity index (χ3n) is 5.42. The van der Waals surface area contributed by atoms with Gasteiger partial charge in [0.25, 0.3) is 0 Å². The molecule has 2 unspecified atom stereocenters. The molecule has 27 heavy (non-hydrogen) atoms. The van der Waals surface area contributed by atoms with Gasteiger partial charge in [0.1, 0.15) is 0 Å². The van der Waals surface area contributed by atoms with Crippen LogP contribution in [0.5, 0.6) is 0 Å². The molecule has 160 valence electrons. The van der Waals surface area contributed by atoms with E-state index >= 15 is 0 Å². The third kappa shape index (κ3) is 9.76. The smallest absolute Gasteiger partial charge is 0.191 e. The van der Waals surface area contributed by atoms with Crippen molar-refractivity contribution in [1.29, 1.82) is 0 Å². The van der Waals surface area contributed by atoms with E-state index in [0.717, 1.165) is 45.4 Å². The van der Waals surface area contributed by atoms with Crippen LogP contribution in [0.4, 0.5) is 0 Å². The molecular weight excluding hydrogens is 453 g/mol. The van der Waals surface area contributed by atoms with Crippen LogP contribution in [-0.2, 0) is 4.74 Å². The quantitative estimate of drug-likeness (QED) is 0.292. The summed E-state index contributed by atoms with van der Waals surface area (Å²) in [5, 5.41) is 7.09. The van der Waals surface area contributed by atoms with Crippen molar-refractivity contribution in [3.8, 4) is 0 Å². The zero-order chi connectivity index (χ0) is 18.8. The molecule has 0 saturated carbocycles. The molecule has 6 nitrogen and oxygen atoms in total. The van der Waals surface area contributed by atoms with Crippen molar-refractivity contribution in [2.75, 3.05) is 66.1 Å². The van der Waals surface area contributed by atoms with Crippen molar-refractivity contribution in [2.24, 2.45) is 16.8 Å². The predicted octanol–water partition coefficient (Wildman–Crippen LogP) is 2.25. The van der Waals surface area contributed by atoms with E-state index in [1.165, 1.54) is 38.9 Å². The second-order valence-electron chi connectivity index (χ2n) is 8.38. The van der Waals surface area contributed by atoms with Crippen LogP contribution in [0.15, 0.2) is 4.99 Å². The summed E-state index contributed by atoms with van der Waals surface area (Å²) in [5.74, 6) is 2.26. The number of rotatable bonds is 9. The van der Waals surface area contributed by atoms with Gasteiger partial charge in [0, 0.05) is 45.8 Å². The van der Waals surface area contributed by atoms with Crippen LogP contribution < -0.4 is 10.6 Å². The van der Waals surface area contributed by atoms with Crippen LogP contribution in [0.25, 0.3) is 0 Å². The molecule has 0 bridgehead atoms. The summed E-state index contributed by atoms with van der Waals surface area (Å²) < 4.78 is 5.52. The summed E-state index contributed by atoms with van der Waals surface area (Å²) in [6.45, 7) is 16.4. The van der Waals surface area contributed by atoms with E-state index in [-0.39, 0.29) is 24.0 Å². The van der Waals surface area contributed by atoms with E-state index in [2.05, 4.69) is 46.2 Å². The number of morpholine rings is 1. The number of halogens is 1. The highest BCUT2D eigenvalue weighted by Gasteiger charge is 2.22. The Hall–Kier alpha value is -0.120. The molecule has 2 fully saturated rings. The van der Waals surface area contributed by atoms with Gasteiger partial charge < -0.3 is 20.3 Å². The fourth-order valence-corrected chi connectivity index (χ4v) is 4.02. The Morgan fingerprint density at radius 1 is 1.00 bits per heavy atom. The number of nitrogens with one attached hydrogen (secondary N) is 2. The number of nitrogens with zero attached hydrogens (tertiary/aromatic N) is 3. The number of likely N-dealkylation sites (tertiary alicyclic amines) is 1. The van der Waals surface area contributed by atoms with Crippen molar-refractivity contribution >= 4 is 29.9 Å². The number of hydrogen-bond donors (Lipinski definition) is 2. The molecule has 2 aliphatic rings. The molecule has 0 aromatic rings. The predicted molar refractivity (Wildman–Crippen MR) is 125 cm³/mol. The molecule has 0 aliphatic carbocycles. The molecule has 0 amide bonds. The number of hydrogen-bond acceptors (Lipinski definition) is 4. The summed E-state index contributed by atoms with van der Waals surface area (Å²) in [6.07, 6.45) is 3.93. The number of aliphatic imine (C=N–C) groups is 1. The molecule has 7 heteroatoms. The van der Waals surface area contributed by atoms with Crippen LogP contribution >= 0.6 is 24.0 Å². The maximum absolute atomic E-state index is 5.52. The van der Waals surface area contributed by atoms with E-state index in [0.29, 0.717) is 17.9 Å². The van der Waals surface area contributed by atoms with Gasteiger partial charge >= 0.3 is 0 Å². The van der Waals surface area contributed by atoms with Crippen molar-refractivity contribution in [1.82, 2.24) is 20.4 Å². The zero-order valence-electron chi connectivity index (χ0n) is 17.9. The van der Waals surface area contributed by atoms with Crippen molar-refractivity contribution < 1.29 is 4.74 Å². The van der Waals surface area contributed by atoms with Gasteiger partial charge in [-0.2, -0.15) is 0 Å². The van der Waals surface area contributed by atoms with E-state index in [1.807, 2.05) is 7.05 Å². The van der Waals surface area contributed by atoms with Crippen molar-refractivity contribution in [3.05, 3.63) is 0 Å². The molecule has 2 rings (SSSR count). The lowest BCUT2D eigenvalue weighted by Gasteiger charge is -2.35. The first-order chi connectivity index (χ1) is 12.6. The summed E-state index contributed by atoms with van der Waals surface area (Å²) >= 11 is 0. The molecule has 0 radical (unpaired) electrons. The Morgan fingerprint density at radius 2 is 1.63 bits per heavy atom. The summed E-state index contributed by atoms with van der Waals surface area (Å²) in [4.78, 5) is 9.58. The normalized spacial score (nSPS) is 21.7. The first kappa shape index (κ1) is 24.9. The molecule has 0 spiro atoms. The summed E-state index contributed by atoms with van der Waals surface area (Å²) in [5.41, 5.74) is 0. The Balaban J connectivity index is 0.00000364. The largest absolute Gasteiger partial charge is 0.379 e. The minimum Gasteiger partial charge on any atom is -0.379 e. The van der Waals surface area contributed by atoms with Gasteiger partial charge in [-0.05, 0) is 44.2 Å². The highest BCUT2D eigenvalue weighted by atomic mass is 127. The second-order valence-corrected chi connectivity index (χ2v) is 8.38. The highest BCUT2D eigenvalue weighted by Crippen LogP contribution is 2.13. The molecule has 0 aromatic heterocycles. The van der Waals surface area contributed by atoms with Gasteiger partial charge in [-0.1, -0.05) is 20.8 Å². The van der Waals surface area contributed by atoms with Gasteiger partial charge in [-0.25, -0.2) is 0 Å². The van der Waals surface area contributed by atoms with E-state index in [9.17, 15) is 0 Å². The number of guanidine groups is 1. The lowest BCUT2D eigenvalue weighted by molar-refractivity contribution is 0.0132. The van der Waals surface area contributed by atoms with Gasteiger partial charge in [0.15, 0.2) is 5.96 Å². The lowest BCUT2D eigenvalue weighted by atomic mass is 10.0. The zero-order valence-corrected chi connectivity index (χ0v) is 20.2. The van der Waals surface area contributed by atoms with Crippen LogP contribution in [0.2, 0.25) is 0 Å². The number of ether oxygens (including phenoxy) is 1. The average Bonchev–Trinajstić information content (AvgIpc) is 3.14. The maximum Gasteiger partial charge on any atom is 0.191 e. The monoisotopic (exact) mass is 495 g/mol. The van der Waals surface area contributed by atoms with Gasteiger partial charge in [-0.15, -0.1) is 24.0 Å². The first-order valence-corrected chi connectivity index (χ1v) is 10.6. The molecule has 2 N–H and O–H groups in total. The Labute approximate surface area is 183 Å². The fraction of sp³-hybridized carbons (Fsp3) is 0.950. The van der Waals surface area contributed by atoms with Crippen LogP contribution in [0.1, 0.15) is 40.0 Å².